The number of nitrogens with zero attached hydrogens (tertiary/aromatic N) is 4. The number of aromatic nitrogens is 1. The Morgan fingerprint density at radius 2 is 1.92 bits per heavy atom. The number of hydrogen-bond donors (Lipinski definition) is 2. The molecule has 0 saturated carbocycles. The van der Waals surface area contributed by atoms with Gasteiger partial charge in [-0.15, -0.1) is 11.3 Å². The molecule has 1 atom stereocenters. The van der Waals surface area contributed by atoms with Crippen molar-refractivity contribution in [1.29, 1.82) is 0 Å². The summed E-state index contributed by atoms with van der Waals surface area (Å²) in [6, 6.07) is 10.2. The van der Waals surface area contributed by atoms with Crippen LogP contribution in [0.25, 0.3) is 0 Å². The molecule has 4 rings (SSSR count). The van der Waals surface area contributed by atoms with Crippen molar-refractivity contribution in [3.8, 4) is 0 Å². The van der Waals surface area contributed by atoms with E-state index in [1.165, 1.54) is 41.9 Å². The summed E-state index contributed by atoms with van der Waals surface area (Å²) >= 11 is 1.37. The number of benzene rings is 1. The minimum absolute atomic E-state index is 0.0382. The number of rotatable bonds is 8. The van der Waals surface area contributed by atoms with Crippen molar-refractivity contribution in [3.63, 3.8) is 0 Å². The maximum absolute atomic E-state index is 12.9. The topological polar surface area (TPSA) is 146 Å². The number of pyridine rings is 1. The molecular weight excluding hydrogens is 486 g/mol. The van der Waals surface area contributed by atoms with Gasteiger partial charge in [-0.2, -0.15) is 0 Å². The molecule has 1 unspecified atom stereocenters. The van der Waals surface area contributed by atoms with Crippen molar-refractivity contribution in [3.05, 3.63) is 86.4 Å². The van der Waals surface area contributed by atoms with Crippen LogP contribution in [-0.4, -0.2) is 63.9 Å². The molecule has 3 aromatic rings. The predicted octanol–water partition coefficient (Wildman–Crippen LogP) is 2.96. The van der Waals surface area contributed by atoms with E-state index in [2.05, 4.69) is 10.3 Å². The van der Waals surface area contributed by atoms with Gasteiger partial charge in [0.05, 0.1) is 22.3 Å². The lowest BCUT2D eigenvalue weighted by molar-refractivity contribution is -0.384. The Hall–Kier alpha value is -4.32. The van der Waals surface area contributed by atoms with E-state index in [9.17, 15) is 29.6 Å². The van der Waals surface area contributed by atoms with E-state index in [-0.39, 0.29) is 23.6 Å². The van der Waals surface area contributed by atoms with E-state index >= 15 is 0 Å². The lowest BCUT2D eigenvalue weighted by Crippen LogP contribution is -2.48. The van der Waals surface area contributed by atoms with Crippen molar-refractivity contribution in [1.82, 2.24) is 15.2 Å². The van der Waals surface area contributed by atoms with Crippen molar-refractivity contribution in [2.75, 3.05) is 31.1 Å². The monoisotopic (exact) mass is 509 g/mol. The molecule has 186 valence electrons. The number of hydrogen-bond acceptors (Lipinski definition) is 8. The molecule has 36 heavy (non-hydrogen) atoms. The number of aliphatic carboxylic acids is 1. The van der Waals surface area contributed by atoms with E-state index in [0.717, 1.165) is 0 Å². The third-order valence-corrected chi connectivity index (χ3v) is 6.70. The molecule has 1 aromatic carbocycles. The van der Waals surface area contributed by atoms with Crippen LogP contribution in [0.4, 0.5) is 11.4 Å². The summed E-state index contributed by atoms with van der Waals surface area (Å²) in [4.78, 5) is 56.2. The number of carbonyl (C=O) groups excluding carboxylic acids is 2. The van der Waals surface area contributed by atoms with Crippen LogP contribution < -0.4 is 10.2 Å². The number of carbonyl (C=O) groups is 3. The van der Waals surface area contributed by atoms with Crippen LogP contribution in [0.3, 0.4) is 0 Å². The van der Waals surface area contributed by atoms with E-state index in [1.807, 2.05) is 16.3 Å². The van der Waals surface area contributed by atoms with Gasteiger partial charge in [-0.1, -0.05) is 12.1 Å². The molecule has 3 heterocycles. The minimum Gasteiger partial charge on any atom is -0.481 e. The average Bonchev–Trinajstić information content (AvgIpc) is 3.43. The highest BCUT2D eigenvalue weighted by Crippen LogP contribution is 2.31. The van der Waals surface area contributed by atoms with Gasteiger partial charge in [0.15, 0.2) is 0 Å². The molecule has 0 radical (unpaired) electrons. The summed E-state index contributed by atoms with van der Waals surface area (Å²) < 4.78 is 0. The molecule has 2 amide bonds. The Balaban J connectivity index is 1.49. The van der Waals surface area contributed by atoms with Crippen molar-refractivity contribution >= 4 is 40.5 Å². The number of amides is 2. The zero-order valence-corrected chi connectivity index (χ0v) is 19.9. The Morgan fingerprint density at radius 1 is 1.14 bits per heavy atom. The highest BCUT2D eigenvalue weighted by molar-refractivity contribution is 7.12. The van der Waals surface area contributed by atoms with E-state index in [1.54, 1.807) is 23.1 Å². The fourth-order valence-electron chi connectivity index (χ4n) is 4.04. The Morgan fingerprint density at radius 3 is 2.53 bits per heavy atom. The van der Waals surface area contributed by atoms with E-state index in [4.69, 9.17) is 0 Å². The summed E-state index contributed by atoms with van der Waals surface area (Å²) in [6.45, 7) is 1.65. The molecular formula is C24H23N5O6S. The molecule has 1 saturated heterocycles. The van der Waals surface area contributed by atoms with Crippen molar-refractivity contribution in [2.24, 2.45) is 0 Å². The first-order valence-electron chi connectivity index (χ1n) is 11.1. The third-order valence-electron chi connectivity index (χ3n) is 5.84. The number of nitrogens with one attached hydrogen (secondary N) is 1. The van der Waals surface area contributed by atoms with Gasteiger partial charge in [-0.25, -0.2) is 0 Å². The highest BCUT2D eigenvalue weighted by atomic mass is 32.1. The number of nitro benzene ring substituents is 1. The van der Waals surface area contributed by atoms with Gasteiger partial charge >= 0.3 is 5.97 Å². The zero-order chi connectivity index (χ0) is 25.7. The molecule has 2 N–H and O–H groups in total. The van der Waals surface area contributed by atoms with Gasteiger partial charge in [-0.05, 0) is 35.2 Å². The van der Waals surface area contributed by atoms with Crippen LogP contribution in [0.15, 0.2) is 60.2 Å². The number of anilines is 1. The molecule has 0 spiro atoms. The second kappa shape index (κ2) is 11.0. The third kappa shape index (κ3) is 5.66. The molecule has 11 nitrogen and oxygen atoms in total. The van der Waals surface area contributed by atoms with Crippen LogP contribution in [0.5, 0.6) is 0 Å². The van der Waals surface area contributed by atoms with Crippen LogP contribution in [0.1, 0.15) is 38.1 Å². The van der Waals surface area contributed by atoms with Crippen LogP contribution in [0, 0.1) is 10.1 Å². The summed E-state index contributed by atoms with van der Waals surface area (Å²) in [5, 5.41) is 25.6. The Labute approximate surface area is 210 Å². The van der Waals surface area contributed by atoms with Gasteiger partial charge in [0.1, 0.15) is 5.69 Å². The zero-order valence-electron chi connectivity index (χ0n) is 19.1. The van der Waals surface area contributed by atoms with Gasteiger partial charge < -0.3 is 20.2 Å². The minimum atomic E-state index is -1.11. The quantitative estimate of drug-likeness (QED) is 0.348. The number of thiophene rings is 1. The first-order valence-corrected chi connectivity index (χ1v) is 12.0. The number of carboxylic acid groups (broad SMARTS) is 1. The second-order valence-corrected chi connectivity index (χ2v) is 9.08. The SMILES string of the molecule is O=C(O)CC(NC(=O)c1ccc(N2CCN(C(=O)c3cccs3)CC2)c([N+](=O)[O-])c1)c1cccnc1. The smallest absolute Gasteiger partial charge is 0.305 e. The van der Waals surface area contributed by atoms with Crippen LogP contribution in [0.2, 0.25) is 0 Å². The molecule has 1 aliphatic rings. The van der Waals surface area contributed by atoms with Crippen molar-refractivity contribution in [2.45, 2.75) is 12.5 Å². The normalized spacial score (nSPS) is 14.2. The molecule has 12 heteroatoms. The first-order chi connectivity index (χ1) is 17.3. The number of piperazine rings is 1. The maximum Gasteiger partial charge on any atom is 0.305 e. The lowest BCUT2D eigenvalue weighted by atomic mass is 10.0. The fraction of sp³-hybridized carbons (Fsp3) is 0.250. The lowest BCUT2D eigenvalue weighted by Gasteiger charge is -2.35. The predicted molar refractivity (Wildman–Crippen MR) is 132 cm³/mol. The molecule has 0 aliphatic carbocycles. The molecule has 0 bridgehead atoms. The fourth-order valence-corrected chi connectivity index (χ4v) is 4.73. The largest absolute Gasteiger partial charge is 0.481 e. The maximum atomic E-state index is 12.9. The Kier molecular flexibility index (Phi) is 7.54. The van der Waals surface area contributed by atoms with Crippen molar-refractivity contribution < 1.29 is 24.4 Å². The summed E-state index contributed by atoms with van der Waals surface area (Å²) in [7, 11) is 0. The highest BCUT2D eigenvalue weighted by Gasteiger charge is 2.28. The molecule has 1 aliphatic heterocycles. The first kappa shape index (κ1) is 24.8. The standard InChI is InChI=1S/C24H23N5O6S/c30-22(31)14-18(17-3-1-7-25-15-17)26-23(32)16-5-6-19(20(13-16)29(34)35)27-8-10-28(11-9-27)24(33)21-4-2-12-36-21/h1-7,12-13,15,18H,8-11,14H2,(H,26,32)(H,30,31). The van der Waals surface area contributed by atoms with Gasteiger partial charge in [0, 0.05) is 50.2 Å². The Bertz CT molecular complexity index is 1260. The molecule has 2 aromatic heterocycles. The summed E-state index contributed by atoms with van der Waals surface area (Å²) in [5.74, 6) is -1.80. The average molecular weight is 510 g/mol. The van der Waals surface area contributed by atoms with Crippen LogP contribution >= 0.6 is 11.3 Å². The van der Waals surface area contributed by atoms with Gasteiger partial charge in [-0.3, -0.25) is 29.5 Å². The second-order valence-electron chi connectivity index (χ2n) is 8.13. The summed E-state index contributed by atoms with van der Waals surface area (Å²) in [5.41, 5.74) is 0.663. The molecule has 1 fully saturated rings. The van der Waals surface area contributed by atoms with E-state index < -0.39 is 22.8 Å². The number of nitro groups is 1. The number of carboxylic acids is 1. The van der Waals surface area contributed by atoms with Gasteiger partial charge in [0.2, 0.25) is 0 Å². The van der Waals surface area contributed by atoms with Gasteiger partial charge in [0.25, 0.3) is 17.5 Å². The summed E-state index contributed by atoms with van der Waals surface area (Å²) in [6.07, 6.45) is 2.62. The van der Waals surface area contributed by atoms with E-state index in [0.29, 0.717) is 42.3 Å². The van der Waals surface area contributed by atoms with Crippen LogP contribution in [-0.2, 0) is 4.79 Å².